The van der Waals surface area contributed by atoms with Crippen LogP contribution in [0.4, 0.5) is 0 Å². The van der Waals surface area contributed by atoms with Gasteiger partial charge in [0, 0.05) is 24.6 Å². The molecular formula is C23H21BrN2O3S. The molecule has 1 atom stereocenters. The lowest BCUT2D eigenvalue weighted by molar-refractivity contribution is -0.132. The van der Waals surface area contributed by atoms with Gasteiger partial charge in [0.25, 0.3) is 0 Å². The number of halogens is 1. The normalized spacial score (nSPS) is 17.5. The van der Waals surface area contributed by atoms with Crippen molar-refractivity contribution in [3.63, 3.8) is 0 Å². The van der Waals surface area contributed by atoms with Crippen molar-refractivity contribution in [2.24, 2.45) is 0 Å². The van der Waals surface area contributed by atoms with Crippen molar-refractivity contribution in [1.29, 1.82) is 0 Å². The number of rotatable bonds is 6. The van der Waals surface area contributed by atoms with E-state index in [1.165, 1.54) is 0 Å². The second-order valence-electron chi connectivity index (χ2n) is 7.26. The summed E-state index contributed by atoms with van der Waals surface area (Å²) < 4.78 is 26.6. The molecule has 0 saturated carbocycles. The summed E-state index contributed by atoms with van der Waals surface area (Å²) in [7, 11) is -3.37. The second kappa shape index (κ2) is 8.62. The molecule has 4 rings (SSSR count). The van der Waals surface area contributed by atoms with Gasteiger partial charge in [-0.1, -0.05) is 42.5 Å². The molecule has 0 fully saturated rings. The number of aromatic nitrogens is 1. The molecule has 1 aromatic heterocycles. The largest absolute Gasteiger partial charge is 0.331 e. The van der Waals surface area contributed by atoms with E-state index in [4.69, 9.17) is 0 Å². The molecule has 30 heavy (non-hydrogen) atoms. The lowest BCUT2D eigenvalue weighted by Gasteiger charge is -2.28. The maximum Gasteiger partial charge on any atom is 0.227 e. The van der Waals surface area contributed by atoms with Gasteiger partial charge in [-0.3, -0.25) is 4.79 Å². The Morgan fingerprint density at radius 1 is 0.967 bits per heavy atom. The lowest BCUT2D eigenvalue weighted by Crippen LogP contribution is -2.41. The topological polar surface area (TPSA) is 59.4 Å². The highest BCUT2D eigenvalue weighted by atomic mass is 79.9. The van der Waals surface area contributed by atoms with Crippen LogP contribution in [0.3, 0.4) is 0 Å². The molecule has 0 saturated heterocycles. The van der Waals surface area contributed by atoms with E-state index in [1.807, 2.05) is 83.7 Å². The van der Waals surface area contributed by atoms with Gasteiger partial charge in [-0.05, 0) is 57.4 Å². The highest BCUT2D eigenvalue weighted by Gasteiger charge is 2.34. The summed E-state index contributed by atoms with van der Waals surface area (Å²) >= 11 is 3.13. The Morgan fingerprint density at radius 3 is 2.23 bits per heavy atom. The van der Waals surface area contributed by atoms with Crippen molar-refractivity contribution >= 4 is 31.7 Å². The average Bonchev–Trinajstić information content (AvgIpc) is 3.36. The second-order valence-corrected chi connectivity index (χ2v) is 10.6. The fourth-order valence-electron chi connectivity index (χ4n) is 3.53. The molecule has 1 aliphatic rings. The van der Waals surface area contributed by atoms with E-state index in [-0.39, 0.29) is 21.9 Å². The van der Waals surface area contributed by atoms with Gasteiger partial charge >= 0.3 is 0 Å². The predicted octanol–water partition coefficient (Wildman–Crippen LogP) is 4.08. The van der Waals surface area contributed by atoms with Gasteiger partial charge in [0.05, 0.1) is 18.2 Å². The molecule has 0 spiro atoms. The van der Waals surface area contributed by atoms with Crippen LogP contribution in [0, 0.1) is 0 Å². The third-order valence-corrected chi connectivity index (χ3v) is 8.38. The molecule has 2 aromatic carbocycles. The molecule has 1 aliphatic heterocycles. The van der Waals surface area contributed by atoms with Gasteiger partial charge in [-0.15, -0.1) is 0 Å². The van der Waals surface area contributed by atoms with Crippen LogP contribution in [0.1, 0.15) is 11.1 Å². The Hall–Kier alpha value is -2.64. The first-order valence-electron chi connectivity index (χ1n) is 9.58. The zero-order chi connectivity index (χ0) is 21.1. The first-order chi connectivity index (χ1) is 14.4. The van der Waals surface area contributed by atoms with Crippen LogP contribution < -0.4 is 0 Å². The zero-order valence-corrected chi connectivity index (χ0v) is 18.6. The Balaban J connectivity index is 1.55. The molecular weight excluding hydrogens is 464 g/mol. The summed E-state index contributed by atoms with van der Waals surface area (Å²) in [6.45, 7) is 0.359. The maximum absolute atomic E-state index is 13.2. The SMILES string of the molecule is O=C(Cc1ccc(-n2cccc2)cc1)N(Cc1ccccc1)C1C=C(Br)S(=O)(=O)C1. The van der Waals surface area contributed by atoms with E-state index in [1.54, 1.807) is 11.0 Å². The van der Waals surface area contributed by atoms with E-state index < -0.39 is 15.9 Å². The number of hydrogen-bond donors (Lipinski definition) is 0. The van der Waals surface area contributed by atoms with Crippen molar-refractivity contribution in [1.82, 2.24) is 9.47 Å². The van der Waals surface area contributed by atoms with E-state index in [9.17, 15) is 13.2 Å². The van der Waals surface area contributed by atoms with Crippen molar-refractivity contribution in [2.45, 2.75) is 19.0 Å². The molecule has 0 radical (unpaired) electrons. The fraction of sp³-hybridized carbons (Fsp3) is 0.174. The van der Waals surface area contributed by atoms with E-state index >= 15 is 0 Å². The molecule has 1 amide bonds. The molecule has 0 N–H and O–H groups in total. The third-order valence-electron chi connectivity index (χ3n) is 5.12. The minimum atomic E-state index is -3.37. The van der Waals surface area contributed by atoms with E-state index in [0.29, 0.717) is 6.54 Å². The molecule has 0 bridgehead atoms. The number of sulfone groups is 1. The summed E-state index contributed by atoms with van der Waals surface area (Å²) in [6.07, 6.45) is 5.76. The number of hydrogen-bond acceptors (Lipinski definition) is 3. The van der Waals surface area contributed by atoms with Crippen LogP contribution in [0.5, 0.6) is 0 Å². The smallest absolute Gasteiger partial charge is 0.227 e. The molecule has 7 heteroatoms. The van der Waals surface area contributed by atoms with Gasteiger partial charge in [0.15, 0.2) is 9.84 Å². The molecule has 2 heterocycles. The van der Waals surface area contributed by atoms with Crippen LogP contribution in [0.25, 0.3) is 5.69 Å². The van der Waals surface area contributed by atoms with Crippen LogP contribution in [0.15, 0.2) is 89.0 Å². The van der Waals surface area contributed by atoms with Gasteiger partial charge < -0.3 is 9.47 Å². The lowest BCUT2D eigenvalue weighted by atomic mass is 10.1. The minimum Gasteiger partial charge on any atom is -0.331 e. The van der Waals surface area contributed by atoms with Gasteiger partial charge in [0.2, 0.25) is 5.91 Å². The highest BCUT2D eigenvalue weighted by Crippen LogP contribution is 2.28. The number of nitrogens with zero attached hydrogens (tertiary/aromatic N) is 2. The Bertz CT molecular complexity index is 1150. The van der Waals surface area contributed by atoms with E-state index in [0.717, 1.165) is 16.8 Å². The summed E-state index contributed by atoms with van der Waals surface area (Å²) in [4.78, 5) is 14.9. The molecule has 5 nitrogen and oxygen atoms in total. The first kappa shape index (κ1) is 20.6. The van der Waals surface area contributed by atoms with Crippen LogP contribution in [0.2, 0.25) is 0 Å². The van der Waals surface area contributed by atoms with Crippen molar-refractivity contribution in [3.8, 4) is 5.69 Å². The van der Waals surface area contributed by atoms with Crippen molar-refractivity contribution < 1.29 is 13.2 Å². The quantitative estimate of drug-likeness (QED) is 0.529. The number of amides is 1. The molecule has 1 unspecified atom stereocenters. The van der Waals surface area contributed by atoms with Gasteiger partial charge in [-0.25, -0.2) is 8.42 Å². The van der Waals surface area contributed by atoms with E-state index in [2.05, 4.69) is 15.9 Å². The van der Waals surface area contributed by atoms with Gasteiger partial charge in [0.1, 0.15) is 3.81 Å². The maximum atomic E-state index is 13.2. The Kier molecular flexibility index (Phi) is 5.92. The van der Waals surface area contributed by atoms with Gasteiger partial charge in [-0.2, -0.15) is 0 Å². The van der Waals surface area contributed by atoms with Crippen LogP contribution in [-0.4, -0.2) is 35.6 Å². The third kappa shape index (κ3) is 4.57. The van der Waals surface area contributed by atoms with Crippen LogP contribution in [-0.2, 0) is 27.6 Å². The number of carbonyl (C=O) groups is 1. The molecule has 0 aliphatic carbocycles. The standard InChI is InChI=1S/C23H21BrN2O3S/c24-22-15-21(17-30(22,28)29)26(16-19-6-2-1-3-7-19)23(27)14-18-8-10-20(11-9-18)25-12-4-5-13-25/h1-13,15,21H,14,16-17H2. The highest BCUT2D eigenvalue weighted by molar-refractivity contribution is 9.13. The Morgan fingerprint density at radius 2 is 1.63 bits per heavy atom. The Labute approximate surface area is 184 Å². The fourth-order valence-corrected chi connectivity index (χ4v) is 5.48. The average molecular weight is 485 g/mol. The summed E-state index contributed by atoms with van der Waals surface area (Å²) in [5.41, 5.74) is 2.87. The van der Waals surface area contributed by atoms with Crippen LogP contribution >= 0.6 is 15.9 Å². The summed E-state index contributed by atoms with van der Waals surface area (Å²) in [5, 5.41) is 0. The molecule has 3 aromatic rings. The van der Waals surface area contributed by atoms with Crippen molar-refractivity contribution in [2.75, 3.05) is 5.75 Å². The molecule has 154 valence electrons. The zero-order valence-electron chi connectivity index (χ0n) is 16.2. The monoisotopic (exact) mass is 484 g/mol. The first-order valence-corrected chi connectivity index (χ1v) is 12.0. The summed E-state index contributed by atoms with van der Waals surface area (Å²) in [6, 6.07) is 20.9. The van der Waals surface area contributed by atoms with Crippen molar-refractivity contribution in [3.05, 3.63) is 100 Å². The minimum absolute atomic E-state index is 0.0985. The number of carbonyl (C=O) groups excluding carboxylic acids is 1. The number of benzene rings is 2. The summed E-state index contributed by atoms with van der Waals surface area (Å²) in [5.74, 6) is -0.204. The predicted molar refractivity (Wildman–Crippen MR) is 121 cm³/mol.